The van der Waals surface area contributed by atoms with Crippen molar-refractivity contribution in [2.45, 2.75) is 184 Å². The maximum absolute atomic E-state index is 2.44. The lowest BCUT2D eigenvalue weighted by Crippen LogP contribution is -1.93. The molecular weight excluding hydrogens is 1170 g/mol. The van der Waals surface area contributed by atoms with E-state index >= 15 is 0 Å². The van der Waals surface area contributed by atoms with Crippen LogP contribution in [0.25, 0.3) is 98.5 Å². The van der Waals surface area contributed by atoms with Crippen molar-refractivity contribution in [3.63, 3.8) is 0 Å². The predicted octanol–water partition coefficient (Wildman–Crippen LogP) is 29.0. The molecule has 0 bridgehead atoms. The summed E-state index contributed by atoms with van der Waals surface area (Å²) in [5.74, 6) is 0. The summed E-state index contributed by atoms with van der Waals surface area (Å²) in [5, 5.41) is 10.9. The molecule has 12 aromatic carbocycles. The first kappa shape index (κ1) is 78.5. The summed E-state index contributed by atoms with van der Waals surface area (Å²) in [5.41, 5.74) is 25.6. The highest BCUT2D eigenvalue weighted by atomic mass is 15.0. The number of hydrogen-bond acceptors (Lipinski definition) is 0. The SMILES string of the molecule is CC.CC.CC.CC.CC.CC.CC.CC.CCc1ccccc1CC.CCn1c2ccccc2c2c3c(ccc21)Cc1ccccc1-3.CCn1c2ccccc2c2ccccc21.c1ccc2c(c1)Cc1cc3ccccc3cc1-2.c1ccc2c(c1)Cc1cc3ccccc3cc1-2. The number of rotatable bonds is 4. The summed E-state index contributed by atoms with van der Waals surface area (Å²) in [6.45, 7) is 42.9. The van der Waals surface area contributed by atoms with Crippen LogP contribution in [0.3, 0.4) is 0 Å². The molecule has 0 atom stereocenters. The molecule has 3 aliphatic rings. The van der Waals surface area contributed by atoms with Gasteiger partial charge in [0.2, 0.25) is 0 Å². The second kappa shape index (κ2) is 41.7. The van der Waals surface area contributed by atoms with Gasteiger partial charge in [-0.1, -0.05) is 343 Å². The Labute approximate surface area is 587 Å². The van der Waals surface area contributed by atoms with Gasteiger partial charge in [-0.2, -0.15) is 0 Å². The van der Waals surface area contributed by atoms with Gasteiger partial charge in [0, 0.05) is 56.7 Å². The zero-order chi connectivity index (χ0) is 70.8. The van der Waals surface area contributed by atoms with Gasteiger partial charge in [-0.3, -0.25) is 0 Å². The summed E-state index contributed by atoms with van der Waals surface area (Å²) in [6.07, 6.45) is 5.54. The Hall–Kier alpha value is -9.24. The molecule has 0 saturated heterocycles. The highest BCUT2D eigenvalue weighted by molar-refractivity contribution is 6.16. The molecule has 3 aliphatic carbocycles. The lowest BCUT2D eigenvalue weighted by molar-refractivity contribution is 0.827. The van der Waals surface area contributed by atoms with Crippen molar-refractivity contribution in [1.82, 2.24) is 9.13 Å². The van der Waals surface area contributed by atoms with E-state index in [9.17, 15) is 0 Å². The van der Waals surface area contributed by atoms with E-state index in [0.717, 1.165) is 45.2 Å². The molecule has 0 saturated carbocycles. The number of aromatic nitrogens is 2. The van der Waals surface area contributed by atoms with Crippen LogP contribution in [0, 0.1) is 0 Å². The summed E-state index contributed by atoms with van der Waals surface area (Å²) in [6, 6.07) is 92.1. The number of aryl methyl sites for hydroxylation is 4. The van der Waals surface area contributed by atoms with Gasteiger partial charge in [-0.25, -0.2) is 0 Å². The van der Waals surface area contributed by atoms with Crippen LogP contribution >= 0.6 is 0 Å². The van der Waals surface area contributed by atoms with Crippen molar-refractivity contribution in [2.24, 2.45) is 0 Å². The molecule has 0 unspecified atom stereocenters. The molecular formula is C95H116N2. The van der Waals surface area contributed by atoms with Gasteiger partial charge >= 0.3 is 0 Å². The fraction of sp³-hybridized carbons (Fsp3) is 0.284. The molecule has 2 heteroatoms. The lowest BCUT2D eigenvalue weighted by Gasteiger charge is -2.06. The molecule has 0 fully saturated rings. The Morgan fingerprint density at radius 1 is 0.237 bits per heavy atom. The van der Waals surface area contributed by atoms with E-state index in [2.05, 4.69) is 292 Å². The predicted molar refractivity (Wildman–Crippen MR) is 439 cm³/mol. The second-order valence-corrected chi connectivity index (χ2v) is 21.7. The van der Waals surface area contributed by atoms with Crippen molar-refractivity contribution in [1.29, 1.82) is 0 Å². The third-order valence-electron chi connectivity index (χ3n) is 17.2. The van der Waals surface area contributed by atoms with Gasteiger partial charge in [0.05, 0.1) is 0 Å². The quantitative estimate of drug-likeness (QED) is 0.166. The molecule has 0 radical (unpaired) electrons. The normalized spacial score (nSPS) is 10.5. The standard InChI is InChI=1S/C21H17N.2C17H12.C14H13N.C10H14.8C2H6/c1-2-22-18-10-6-5-9-17(18)21-19(22)12-11-15-13-14-7-3-4-8-16(14)20(15)21;2*1-2-6-13-11-17-15(9-12(13)5-1)10-14-7-3-4-8-16(14)17;1-2-15-13-9-5-3-7-11(13)12-8-4-6-10-14(12)15;1-3-9-7-5-6-8-10(9)4-2;8*1-2/h3-12H,2,13H2,1H3;2*1-9,11H,10H2;3-10H,2H2,1H3;5-8H,3-4H2,1-2H3;8*1-2H3. The number of para-hydroxylation sites is 3. The number of hydrogen-bond donors (Lipinski definition) is 0. The molecule has 506 valence electrons. The van der Waals surface area contributed by atoms with Crippen molar-refractivity contribution >= 4 is 65.2 Å². The molecule has 0 N–H and O–H groups in total. The number of benzene rings is 12. The van der Waals surface area contributed by atoms with E-state index in [1.807, 2.05) is 111 Å². The first-order chi connectivity index (χ1) is 48.0. The molecule has 2 aromatic heterocycles. The molecule has 97 heavy (non-hydrogen) atoms. The highest BCUT2D eigenvalue weighted by Gasteiger charge is 2.24. The minimum Gasteiger partial charge on any atom is -0.341 e. The largest absolute Gasteiger partial charge is 0.341 e. The van der Waals surface area contributed by atoms with E-state index in [1.54, 1.807) is 0 Å². The van der Waals surface area contributed by atoms with Gasteiger partial charge in [0.1, 0.15) is 0 Å². The fourth-order valence-corrected chi connectivity index (χ4v) is 13.3. The maximum Gasteiger partial charge on any atom is 0.0497 e. The molecule has 0 amide bonds. The third kappa shape index (κ3) is 17.9. The average molecular weight is 1290 g/mol. The lowest BCUT2D eigenvalue weighted by atomic mass is 9.99. The van der Waals surface area contributed by atoms with Gasteiger partial charge in [-0.05, 0) is 182 Å². The Morgan fingerprint density at radius 2 is 0.536 bits per heavy atom. The van der Waals surface area contributed by atoms with Crippen LogP contribution in [0.15, 0.2) is 255 Å². The molecule has 14 aromatic rings. The first-order valence-electron chi connectivity index (χ1n) is 37.3. The molecule has 2 nitrogen and oxygen atoms in total. The third-order valence-corrected chi connectivity index (χ3v) is 17.2. The van der Waals surface area contributed by atoms with Crippen molar-refractivity contribution in [3.8, 4) is 33.4 Å². The van der Waals surface area contributed by atoms with Crippen LogP contribution < -0.4 is 0 Å². The van der Waals surface area contributed by atoms with Crippen LogP contribution in [0.2, 0.25) is 0 Å². The van der Waals surface area contributed by atoms with E-state index in [-0.39, 0.29) is 0 Å². The summed E-state index contributed by atoms with van der Waals surface area (Å²) in [4.78, 5) is 0. The van der Waals surface area contributed by atoms with Gasteiger partial charge in [-0.15, -0.1) is 0 Å². The van der Waals surface area contributed by atoms with E-state index in [1.165, 1.54) is 143 Å². The minimum atomic E-state index is 1.00. The topological polar surface area (TPSA) is 9.86 Å². The Balaban J connectivity index is 0.000000211. The van der Waals surface area contributed by atoms with Gasteiger partial charge in [0.25, 0.3) is 0 Å². The highest BCUT2D eigenvalue weighted by Crippen LogP contribution is 2.45. The zero-order valence-corrected chi connectivity index (χ0v) is 63.1. The van der Waals surface area contributed by atoms with Crippen molar-refractivity contribution in [2.75, 3.05) is 0 Å². The van der Waals surface area contributed by atoms with Crippen molar-refractivity contribution < 1.29 is 0 Å². The van der Waals surface area contributed by atoms with Crippen LogP contribution in [-0.4, -0.2) is 9.13 Å². The monoisotopic (exact) mass is 1280 g/mol. The van der Waals surface area contributed by atoms with E-state index < -0.39 is 0 Å². The molecule has 0 aliphatic heterocycles. The van der Waals surface area contributed by atoms with E-state index in [0.29, 0.717) is 0 Å². The van der Waals surface area contributed by atoms with Crippen LogP contribution in [0.4, 0.5) is 0 Å². The minimum absolute atomic E-state index is 1.00. The summed E-state index contributed by atoms with van der Waals surface area (Å²) >= 11 is 0. The molecule has 0 spiro atoms. The smallest absolute Gasteiger partial charge is 0.0497 e. The maximum atomic E-state index is 2.44. The zero-order valence-electron chi connectivity index (χ0n) is 63.1. The van der Waals surface area contributed by atoms with Crippen LogP contribution in [-0.2, 0) is 45.2 Å². The van der Waals surface area contributed by atoms with Gasteiger partial charge in [0.15, 0.2) is 0 Å². The molecule has 2 heterocycles. The summed E-state index contributed by atoms with van der Waals surface area (Å²) in [7, 11) is 0. The van der Waals surface area contributed by atoms with Crippen LogP contribution in [0.1, 0.15) is 183 Å². The number of nitrogens with zero attached hydrogens (tertiary/aromatic N) is 2. The molecule has 17 rings (SSSR count). The number of fused-ring (bicyclic) bond motifs is 18. The first-order valence-corrected chi connectivity index (χ1v) is 37.3. The Kier molecular flexibility index (Phi) is 33.7. The average Bonchev–Trinajstić information content (AvgIpc) is 1.57. The van der Waals surface area contributed by atoms with Gasteiger partial charge < -0.3 is 9.13 Å². The second-order valence-electron chi connectivity index (χ2n) is 21.7. The van der Waals surface area contributed by atoms with E-state index in [4.69, 9.17) is 0 Å². The van der Waals surface area contributed by atoms with Crippen LogP contribution in [0.5, 0.6) is 0 Å². The Bertz CT molecular complexity index is 4410. The fourth-order valence-electron chi connectivity index (χ4n) is 13.3. The Morgan fingerprint density at radius 3 is 0.938 bits per heavy atom. The van der Waals surface area contributed by atoms with Crippen molar-refractivity contribution in [3.05, 3.63) is 299 Å². The summed E-state index contributed by atoms with van der Waals surface area (Å²) < 4.78 is 4.80.